The molecule has 1 aromatic carbocycles. The predicted octanol–water partition coefficient (Wildman–Crippen LogP) is -0.868. The maximum absolute atomic E-state index is 11.1. The zero-order chi connectivity index (χ0) is 16.9. The van der Waals surface area contributed by atoms with Crippen LogP contribution >= 0.6 is 0 Å². The van der Waals surface area contributed by atoms with Crippen LogP contribution in [0.4, 0.5) is 0 Å². The van der Waals surface area contributed by atoms with E-state index < -0.39 is 12.0 Å². The van der Waals surface area contributed by atoms with Gasteiger partial charge in [-0.3, -0.25) is 9.69 Å². The molecule has 1 atom stereocenters. The molecule has 3 rings (SSSR count). The summed E-state index contributed by atoms with van der Waals surface area (Å²) in [5, 5.41) is 22.4. The highest BCUT2D eigenvalue weighted by Crippen LogP contribution is 2.14. The van der Waals surface area contributed by atoms with Gasteiger partial charge in [0.2, 0.25) is 11.7 Å². The zero-order valence-corrected chi connectivity index (χ0v) is 13.2. The Balaban J connectivity index is 1.59. The Hall–Kier alpha value is -2.36. The minimum atomic E-state index is -0.581. The van der Waals surface area contributed by atoms with E-state index in [9.17, 15) is 9.90 Å². The first-order valence-electron chi connectivity index (χ1n) is 7.78. The predicted molar refractivity (Wildman–Crippen MR) is 85.0 cm³/mol. The molecule has 1 aromatic heterocycles. The van der Waals surface area contributed by atoms with Gasteiger partial charge in [-0.05, 0) is 17.3 Å². The van der Waals surface area contributed by atoms with E-state index >= 15 is 0 Å². The molecule has 9 heteroatoms. The zero-order valence-electron chi connectivity index (χ0n) is 13.2. The van der Waals surface area contributed by atoms with E-state index in [1.165, 1.54) is 4.80 Å². The minimum absolute atomic E-state index is 0.268. The van der Waals surface area contributed by atoms with Crippen LogP contribution in [-0.2, 0) is 11.3 Å². The van der Waals surface area contributed by atoms with Crippen LogP contribution in [0.15, 0.2) is 24.3 Å². The van der Waals surface area contributed by atoms with Crippen LogP contribution < -0.4 is 5.73 Å². The molecule has 0 unspecified atom stereocenters. The maximum Gasteiger partial charge on any atom is 0.248 e. The highest BCUT2D eigenvalue weighted by atomic mass is 16.5. The summed E-state index contributed by atoms with van der Waals surface area (Å²) >= 11 is 0. The van der Waals surface area contributed by atoms with Crippen molar-refractivity contribution >= 4 is 5.91 Å². The van der Waals surface area contributed by atoms with E-state index in [1.807, 2.05) is 0 Å². The van der Waals surface area contributed by atoms with Crippen LogP contribution in [0.5, 0.6) is 0 Å². The van der Waals surface area contributed by atoms with Gasteiger partial charge in [0.05, 0.1) is 25.9 Å². The Labute approximate surface area is 139 Å². The van der Waals surface area contributed by atoms with E-state index in [4.69, 9.17) is 10.5 Å². The molecule has 0 spiro atoms. The number of ether oxygens (including phenoxy) is 1. The van der Waals surface area contributed by atoms with E-state index in [1.54, 1.807) is 24.3 Å². The molecule has 24 heavy (non-hydrogen) atoms. The van der Waals surface area contributed by atoms with E-state index in [0.29, 0.717) is 31.1 Å². The summed E-state index contributed by atoms with van der Waals surface area (Å²) in [6.07, 6.45) is -0.581. The van der Waals surface area contributed by atoms with Crippen molar-refractivity contribution in [1.82, 2.24) is 25.1 Å². The van der Waals surface area contributed by atoms with Crippen LogP contribution in [-0.4, -0.2) is 75.1 Å². The fourth-order valence-corrected chi connectivity index (χ4v) is 2.55. The molecule has 1 aliphatic heterocycles. The Morgan fingerprint density at radius 2 is 1.96 bits per heavy atom. The van der Waals surface area contributed by atoms with E-state index in [2.05, 4.69) is 20.3 Å². The molecule has 0 bridgehead atoms. The van der Waals surface area contributed by atoms with E-state index in [0.717, 1.165) is 18.7 Å². The highest BCUT2D eigenvalue weighted by Gasteiger charge is 2.16. The van der Waals surface area contributed by atoms with Crippen LogP contribution in [0.1, 0.15) is 10.4 Å². The molecule has 1 saturated heterocycles. The summed E-state index contributed by atoms with van der Waals surface area (Å²) in [4.78, 5) is 14.6. The third-order valence-corrected chi connectivity index (χ3v) is 3.83. The van der Waals surface area contributed by atoms with Gasteiger partial charge in [-0.2, -0.15) is 4.80 Å². The summed E-state index contributed by atoms with van der Waals surface area (Å²) in [5.74, 6) is -0.0472. The van der Waals surface area contributed by atoms with Crippen molar-refractivity contribution < 1.29 is 14.6 Å². The number of hydrogen-bond donors (Lipinski definition) is 2. The second-order valence-electron chi connectivity index (χ2n) is 5.68. The molecular weight excluding hydrogens is 312 g/mol. The number of carbonyl (C=O) groups excluding carboxylic acids is 1. The number of nitrogens with two attached hydrogens (primary N) is 1. The molecule has 0 saturated carbocycles. The molecule has 9 nitrogen and oxygen atoms in total. The molecule has 1 aliphatic rings. The van der Waals surface area contributed by atoms with Crippen molar-refractivity contribution in [3.8, 4) is 11.4 Å². The number of benzene rings is 1. The molecule has 2 heterocycles. The molecular formula is C15H20N6O3. The van der Waals surface area contributed by atoms with Crippen LogP contribution in [0.25, 0.3) is 11.4 Å². The SMILES string of the molecule is NC(=O)c1ccc(-c2nnn(C[C@H](O)CN3CCOCC3)n2)cc1. The standard InChI is InChI=1S/C15H20N6O3/c16-14(23)11-1-3-12(4-2-11)15-17-19-21(18-15)10-13(22)9-20-5-7-24-8-6-20/h1-4,13,22H,5-10H2,(H2,16,23)/t13-/m1/s1. The van der Waals surface area contributed by atoms with Crippen LogP contribution in [0.2, 0.25) is 0 Å². The van der Waals surface area contributed by atoms with Gasteiger partial charge in [0.15, 0.2) is 0 Å². The number of morpholine rings is 1. The van der Waals surface area contributed by atoms with Crippen molar-refractivity contribution in [2.75, 3.05) is 32.8 Å². The maximum atomic E-state index is 11.1. The first-order valence-corrected chi connectivity index (χ1v) is 7.78. The fourth-order valence-electron chi connectivity index (χ4n) is 2.55. The fraction of sp³-hybridized carbons (Fsp3) is 0.467. The Morgan fingerprint density at radius 3 is 2.62 bits per heavy atom. The van der Waals surface area contributed by atoms with Gasteiger partial charge in [0.25, 0.3) is 0 Å². The lowest BCUT2D eigenvalue weighted by atomic mass is 10.1. The van der Waals surface area contributed by atoms with Gasteiger partial charge in [-0.15, -0.1) is 10.2 Å². The Morgan fingerprint density at radius 1 is 1.25 bits per heavy atom. The quantitative estimate of drug-likeness (QED) is 0.706. The second-order valence-corrected chi connectivity index (χ2v) is 5.68. The van der Waals surface area contributed by atoms with Crippen molar-refractivity contribution in [3.63, 3.8) is 0 Å². The van der Waals surface area contributed by atoms with E-state index in [-0.39, 0.29) is 6.54 Å². The number of primary amides is 1. The summed E-state index contributed by atoms with van der Waals surface area (Å²) < 4.78 is 5.28. The molecule has 0 aliphatic carbocycles. The van der Waals surface area contributed by atoms with Crippen LogP contribution in [0.3, 0.4) is 0 Å². The molecule has 2 aromatic rings. The summed E-state index contributed by atoms with van der Waals surface area (Å²) in [5.41, 5.74) is 6.37. The third-order valence-electron chi connectivity index (χ3n) is 3.83. The van der Waals surface area contributed by atoms with Crippen molar-refractivity contribution in [1.29, 1.82) is 0 Å². The average Bonchev–Trinajstić information content (AvgIpc) is 3.04. The lowest BCUT2D eigenvalue weighted by molar-refractivity contribution is 0.00988. The first kappa shape index (κ1) is 16.5. The molecule has 0 radical (unpaired) electrons. The van der Waals surface area contributed by atoms with Gasteiger partial charge < -0.3 is 15.6 Å². The number of rotatable bonds is 6. The number of amides is 1. The van der Waals surface area contributed by atoms with Gasteiger partial charge >= 0.3 is 0 Å². The Kier molecular flexibility index (Phi) is 5.14. The lowest BCUT2D eigenvalue weighted by Crippen LogP contribution is -2.42. The summed E-state index contributed by atoms with van der Waals surface area (Å²) in [7, 11) is 0. The number of carbonyl (C=O) groups is 1. The van der Waals surface area contributed by atoms with Crippen molar-refractivity contribution in [2.24, 2.45) is 5.73 Å². The molecule has 128 valence electrons. The van der Waals surface area contributed by atoms with Gasteiger partial charge in [0, 0.05) is 30.8 Å². The number of hydrogen-bond acceptors (Lipinski definition) is 7. The van der Waals surface area contributed by atoms with Gasteiger partial charge in [-0.1, -0.05) is 12.1 Å². The summed E-state index contributed by atoms with van der Waals surface area (Å²) in [6.45, 7) is 3.84. The number of tetrazole rings is 1. The van der Waals surface area contributed by atoms with Gasteiger partial charge in [-0.25, -0.2) is 0 Å². The average molecular weight is 332 g/mol. The highest BCUT2D eigenvalue weighted by molar-refractivity contribution is 5.93. The smallest absolute Gasteiger partial charge is 0.248 e. The minimum Gasteiger partial charge on any atom is -0.390 e. The molecule has 3 N–H and O–H groups in total. The normalized spacial score (nSPS) is 16.9. The number of aliphatic hydroxyl groups excluding tert-OH is 1. The molecule has 1 amide bonds. The number of aliphatic hydroxyl groups is 1. The largest absolute Gasteiger partial charge is 0.390 e. The lowest BCUT2D eigenvalue weighted by Gasteiger charge is -2.28. The summed E-state index contributed by atoms with van der Waals surface area (Å²) in [6, 6.07) is 6.66. The topological polar surface area (TPSA) is 119 Å². The second kappa shape index (κ2) is 7.47. The number of aromatic nitrogens is 4. The monoisotopic (exact) mass is 332 g/mol. The van der Waals surface area contributed by atoms with Crippen molar-refractivity contribution in [3.05, 3.63) is 29.8 Å². The van der Waals surface area contributed by atoms with Crippen LogP contribution in [0, 0.1) is 0 Å². The Bertz CT molecular complexity index is 681. The first-order chi connectivity index (χ1) is 11.6. The third kappa shape index (κ3) is 4.13. The molecule has 1 fully saturated rings. The number of nitrogens with zero attached hydrogens (tertiary/aromatic N) is 5. The number of β-amino-alcohol motifs (C(OH)–C–C–N with tert-alkyl or cyclic N) is 1. The van der Waals surface area contributed by atoms with Gasteiger partial charge in [0.1, 0.15) is 0 Å². The van der Waals surface area contributed by atoms with Crippen molar-refractivity contribution in [2.45, 2.75) is 12.6 Å².